The molecule has 110 valence electrons. The summed E-state index contributed by atoms with van der Waals surface area (Å²) in [5.74, 6) is -0.757. The number of hydrogen-bond donors (Lipinski definition) is 1. The Bertz CT molecular complexity index is 333. The van der Waals surface area contributed by atoms with Gasteiger partial charge in [0.25, 0.3) is 0 Å². The van der Waals surface area contributed by atoms with Gasteiger partial charge in [-0.1, -0.05) is 13.8 Å². The Morgan fingerprint density at radius 2 is 2.05 bits per heavy atom. The first-order valence-electron chi connectivity index (χ1n) is 6.68. The number of aliphatic carboxylic acids is 1. The number of carboxylic acid groups (broad SMARTS) is 1. The maximum atomic E-state index is 12.4. The summed E-state index contributed by atoms with van der Waals surface area (Å²) in [6.07, 6.45) is 0.797. The second-order valence-corrected chi connectivity index (χ2v) is 5.49. The average molecular weight is 272 g/mol. The van der Waals surface area contributed by atoms with Crippen molar-refractivity contribution in [3.05, 3.63) is 0 Å². The molecule has 1 aliphatic rings. The fraction of sp³-hybridized carbons (Fsp3) is 0.846. The highest BCUT2D eigenvalue weighted by Gasteiger charge is 2.33. The molecular weight excluding hydrogens is 248 g/mol. The maximum Gasteiger partial charge on any atom is 0.323 e. The van der Waals surface area contributed by atoms with Crippen molar-refractivity contribution < 1.29 is 19.4 Å². The monoisotopic (exact) mass is 272 g/mol. The number of carboxylic acids is 1. The van der Waals surface area contributed by atoms with Crippen molar-refractivity contribution in [1.29, 1.82) is 0 Å². The van der Waals surface area contributed by atoms with E-state index in [0.29, 0.717) is 13.2 Å². The first-order chi connectivity index (χ1) is 8.82. The van der Waals surface area contributed by atoms with Crippen LogP contribution in [0.15, 0.2) is 0 Å². The molecule has 1 fully saturated rings. The molecule has 6 nitrogen and oxygen atoms in total. The van der Waals surface area contributed by atoms with E-state index in [0.717, 1.165) is 6.42 Å². The molecule has 0 radical (unpaired) electrons. The number of likely N-dealkylation sites (N-methyl/N-ethyl adjacent to an activating group) is 1. The molecule has 2 unspecified atom stereocenters. The quantitative estimate of drug-likeness (QED) is 0.818. The third-order valence-corrected chi connectivity index (χ3v) is 3.32. The molecule has 0 spiro atoms. The summed E-state index contributed by atoms with van der Waals surface area (Å²) >= 11 is 0. The molecule has 0 aromatic rings. The van der Waals surface area contributed by atoms with Crippen LogP contribution in [0, 0.1) is 5.92 Å². The van der Waals surface area contributed by atoms with Gasteiger partial charge in [0.2, 0.25) is 0 Å². The van der Waals surface area contributed by atoms with Crippen LogP contribution in [0.2, 0.25) is 0 Å². The van der Waals surface area contributed by atoms with Crippen molar-refractivity contribution in [1.82, 2.24) is 9.80 Å². The van der Waals surface area contributed by atoms with E-state index in [-0.39, 0.29) is 30.6 Å². The summed E-state index contributed by atoms with van der Waals surface area (Å²) in [6, 6.07) is -0.214. The van der Waals surface area contributed by atoms with E-state index < -0.39 is 5.97 Å². The molecule has 0 saturated carbocycles. The number of carbonyl (C=O) groups excluding carboxylic acids is 1. The summed E-state index contributed by atoms with van der Waals surface area (Å²) in [6.45, 7) is 6.69. The zero-order valence-corrected chi connectivity index (χ0v) is 12.1. The van der Waals surface area contributed by atoms with Crippen LogP contribution in [0.4, 0.5) is 4.79 Å². The zero-order valence-electron chi connectivity index (χ0n) is 12.1. The standard InChI is InChI=1S/C13H24N2O4/c1-9(2)7-15(8-12(16)17)13(18)14(4)11-5-6-19-10(11)3/h9-11H,5-8H2,1-4H3,(H,16,17). The van der Waals surface area contributed by atoms with Crippen molar-refractivity contribution in [2.75, 3.05) is 26.7 Å². The second kappa shape index (κ2) is 6.75. The van der Waals surface area contributed by atoms with Crippen molar-refractivity contribution in [3.8, 4) is 0 Å². The predicted octanol–water partition coefficient (Wildman–Crippen LogP) is 1.26. The molecule has 0 aromatic carbocycles. The largest absolute Gasteiger partial charge is 0.480 e. The Morgan fingerprint density at radius 3 is 2.47 bits per heavy atom. The van der Waals surface area contributed by atoms with Crippen LogP contribution >= 0.6 is 0 Å². The molecule has 1 saturated heterocycles. The molecule has 2 atom stereocenters. The van der Waals surface area contributed by atoms with Gasteiger partial charge in [0.05, 0.1) is 12.1 Å². The van der Waals surface area contributed by atoms with Crippen LogP contribution in [0.1, 0.15) is 27.2 Å². The van der Waals surface area contributed by atoms with Crippen molar-refractivity contribution in [3.63, 3.8) is 0 Å². The summed E-state index contributed by atoms with van der Waals surface area (Å²) in [4.78, 5) is 26.2. The topological polar surface area (TPSA) is 70.1 Å². The molecule has 6 heteroatoms. The fourth-order valence-electron chi connectivity index (χ4n) is 2.41. The van der Waals surface area contributed by atoms with Gasteiger partial charge in [-0.05, 0) is 19.3 Å². The lowest BCUT2D eigenvalue weighted by molar-refractivity contribution is -0.137. The van der Waals surface area contributed by atoms with E-state index >= 15 is 0 Å². The van der Waals surface area contributed by atoms with Crippen LogP contribution in [0.3, 0.4) is 0 Å². The van der Waals surface area contributed by atoms with Crippen LogP contribution < -0.4 is 0 Å². The average Bonchev–Trinajstić information content (AvgIpc) is 2.71. The minimum absolute atomic E-state index is 0.000298. The first kappa shape index (κ1) is 15.8. The Labute approximate surface area is 114 Å². The number of ether oxygens (including phenoxy) is 1. The van der Waals surface area contributed by atoms with Crippen LogP contribution in [-0.2, 0) is 9.53 Å². The number of amides is 2. The lowest BCUT2D eigenvalue weighted by atomic mass is 10.1. The molecule has 0 aromatic heterocycles. The van der Waals surface area contributed by atoms with Gasteiger partial charge in [-0.2, -0.15) is 0 Å². The normalized spacial score (nSPS) is 22.6. The molecule has 1 heterocycles. The molecule has 19 heavy (non-hydrogen) atoms. The van der Waals surface area contributed by atoms with Gasteiger partial charge in [-0.25, -0.2) is 4.79 Å². The third kappa shape index (κ3) is 4.38. The van der Waals surface area contributed by atoms with Gasteiger partial charge in [0.1, 0.15) is 6.54 Å². The number of rotatable bonds is 5. The maximum absolute atomic E-state index is 12.4. The summed E-state index contributed by atoms with van der Waals surface area (Å²) in [7, 11) is 1.72. The molecule has 1 aliphatic heterocycles. The smallest absolute Gasteiger partial charge is 0.323 e. The lowest BCUT2D eigenvalue weighted by Gasteiger charge is -2.33. The van der Waals surface area contributed by atoms with Crippen molar-refractivity contribution in [2.24, 2.45) is 5.92 Å². The fourth-order valence-corrected chi connectivity index (χ4v) is 2.41. The molecule has 2 amide bonds. The highest BCUT2D eigenvalue weighted by Crippen LogP contribution is 2.19. The van der Waals surface area contributed by atoms with E-state index in [1.807, 2.05) is 20.8 Å². The van der Waals surface area contributed by atoms with E-state index in [1.165, 1.54) is 4.90 Å². The predicted molar refractivity (Wildman–Crippen MR) is 71.0 cm³/mol. The summed E-state index contributed by atoms with van der Waals surface area (Å²) in [5.41, 5.74) is 0. The Kier molecular flexibility index (Phi) is 5.60. The van der Waals surface area contributed by atoms with E-state index in [1.54, 1.807) is 11.9 Å². The highest BCUT2D eigenvalue weighted by atomic mass is 16.5. The molecule has 0 aliphatic carbocycles. The summed E-state index contributed by atoms with van der Waals surface area (Å²) in [5, 5.41) is 8.91. The SMILES string of the molecule is CC(C)CN(CC(=O)O)C(=O)N(C)C1CCOC1C. The molecular formula is C13H24N2O4. The third-order valence-electron chi connectivity index (χ3n) is 3.32. The van der Waals surface area contributed by atoms with Gasteiger partial charge in [-0.3, -0.25) is 4.79 Å². The van der Waals surface area contributed by atoms with Crippen molar-refractivity contribution >= 4 is 12.0 Å². The van der Waals surface area contributed by atoms with Crippen molar-refractivity contribution in [2.45, 2.75) is 39.3 Å². The minimum atomic E-state index is -0.988. The summed E-state index contributed by atoms with van der Waals surface area (Å²) < 4.78 is 5.45. The number of urea groups is 1. The van der Waals surface area contributed by atoms with E-state index in [4.69, 9.17) is 9.84 Å². The highest BCUT2D eigenvalue weighted by molar-refractivity contribution is 5.80. The number of hydrogen-bond acceptors (Lipinski definition) is 3. The van der Waals surface area contributed by atoms with Gasteiger partial charge < -0.3 is 19.6 Å². The zero-order chi connectivity index (χ0) is 14.6. The Balaban J connectivity index is 2.71. The Hall–Kier alpha value is -1.30. The van der Waals surface area contributed by atoms with Crippen LogP contribution in [0.5, 0.6) is 0 Å². The lowest BCUT2D eigenvalue weighted by Crippen LogP contribution is -2.50. The van der Waals surface area contributed by atoms with Gasteiger partial charge in [-0.15, -0.1) is 0 Å². The van der Waals surface area contributed by atoms with E-state index in [9.17, 15) is 9.59 Å². The first-order valence-corrected chi connectivity index (χ1v) is 6.68. The number of nitrogens with zero attached hydrogens (tertiary/aromatic N) is 2. The molecule has 1 N–H and O–H groups in total. The van der Waals surface area contributed by atoms with Gasteiger partial charge in [0, 0.05) is 20.2 Å². The minimum Gasteiger partial charge on any atom is -0.480 e. The van der Waals surface area contributed by atoms with Gasteiger partial charge in [0.15, 0.2) is 0 Å². The van der Waals surface area contributed by atoms with E-state index in [2.05, 4.69) is 0 Å². The Morgan fingerprint density at radius 1 is 1.42 bits per heavy atom. The van der Waals surface area contributed by atoms with Gasteiger partial charge >= 0.3 is 12.0 Å². The van der Waals surface area contributed by atoms with Crippen LogP contribution in [-0.4, -0.2) is 65.8 Å². The van der Waals surface area contributed by atoms with Crippen LogP contribution in [0.25, 0.3) is 0 Å². The number of carbonyl (C=O) groups is 2. The molecule has 0 bridgehead atoms. The second-order valence-electron chi connectivity index (χ2n) is 5.49. The molecule has 1 rings (SSSR count).